The molecule has 0 spiro atoms. The SMILES string of the molecule is CC1=C2C(=O)c3c(O)cc(O)cc3C=C2CO1. The molecule has 0 amide bonds. The minimum Gasteiger partial charge on any atom is -0.508 e. The number of aromatic hydroxyl groups is 2. The number of fused-ring (bicyclic) bond motifs is 2. The summed E-state index contributed by atoms with van der Waals surface area (Å²) < 4.78 is 5.32. The Bertz CT molecular complexity index is 608. The van der Waals surface area contributed by atoms with Crippen LogP contribution in [0.3, 0.4) is 0 Å². The molecule has 0 aromatic heterocycles. The predicted molar refractivity (Wildman–Crippen MR) is 60.7 cm³/mol. The fourth-order valence-corrected chi connectivity index (χ4v) is 2.28. The summed E-state index contributed by atoms with van der Waals surface area (Å²) in [6.45, 7) is 2.10. The second-order valence-electron chi connectivity index (χ2n) is 4.15. The molecule has 0 radical (unpaired) electrons. The van der Waals surface area contributed by atoms with Crippen LogP contribution in [0.2, 0.25) is 0 Å². The number of allylic oxidation sites excluding steroid dienone is 1. The van der Waals surface area contributed by atoms with E-state index in [1.165, 1.54) is 12.1 Å². The Hall–Kier alpha value is -2.23. The number of hydrogen-bond donors (Lipinski definition) is 2. The van der Waals surface area contributed by atoms with Crippen LogP contribution in [-0.4, -0.2) is 22.6 Å². The van der Waals surface area contributed by atoms with E-state index in [-0.39, 0.29) is 22.8 Å². The van der Waals surface area contributed by atoms with E-state index in [1.54, 1.807) is 13.0 Å². The molecule has 2 aliphatic rings. The van der Waals surface area contributed by atoms with E-state index in [2.05, 4.69) is 0 Å². The maximum Gasteiger partial charge on any atom is 0.201 e. The largest absolute Gasteiger partial charge is 0.508 e. The molecule has 1 aromatic rings. The minimum absolute atomic E-state index is 0.0611. The molecular weight excluding hydrogens is 220 g/mol. The number of ketones is 1. The highest BCUT2D eigenvalue weighted by Crippen LogP contribution is 2.39. The van der Waals surface area contributed by atoms with E-state index in [0.29, 0.717) is 23.5 Å². The number of benzene rings is 1. The average Bonchev–Trinajstić information content (AvgIpc) is 2.59. The molecule has 86 valence electrons. The lowest BCUT2D eigenvalue weighted by atomic mass is 9.87. The number of carbonyl (C=O) groups excluding carboxylic acids is 1. The summed E-state index contributed by atoms with van der Waals surface area (Å²) in [6.07, 6.45) is 1.77. The van der Waals surface area contributed by atoms with Crippen LogP contribution in [0.15, 0.2) is 29.0 Å². The van der Waals surface area contributed by atoms with Crippen molar-refractivity contribution in [1.29, 1.82) is 0 Å². The molecule has 3 rings (SSSR count). The fraction of sp³-hybridized carbons (Fsp3) is 0.154. The van der Waals surface area contributed by atoms with E-state index in [1.807, 2.05) is 0 Å². The highest BCUT2D eigenvalue weighted by atomic mass is 16.5. The molecule has 1 aliphatic carbocycles. The van der Waals surface area contributed by atoms with Gasteiger partial charge in [0.25, 0.3) is 0 Å². The molecule has 1 aromatic carbocycles. The molecule has 1 aliphatic heterocycles. The van der Waals surface area contributed by atoms with Gasteiger partial charge in [-0.3, -0.25) is 4.79 Å². The van der Waals surface area contributed by atoms with Gasteiger partial charge in [-0.1, -0.05) is 0 Å². The molecular formula is C13H10O4. The van der Waals surface area contributed by atoms with E-state index in [0.717, 1.165) is 5.57 Å². The van der Waals surface area contributed by atoms with Crippen LogP contribution in [0, 0.1) is 0 Å². The quantitative estimate of drug-likeness (QED) is 0.715. The van der Waals surface area contributed by atoms with Crippen LogP contribution < -0.4 is 0 Å². The minimum atomic E-state index is -0.245. The summed E-state index contributed by atoms with van der Waals surface area (Å²) in [6, 6.07) is 2.63. The third kappa shape index (κ3) is 1.27. The Balaban J connectivity index is 2.32. The van der Waals surface area contributed by atoms with Gasteiger partial charge in [-0.2, -0.15) is 0 Å². The van der Waals surface area contributed by atoms with Crippen molar-refractivity contribution in [2.24, 2.45) is 0 Å². The van der Waals surface area contributed by atoms with E-state index >= 15 is 0 Å². The first kappa shape index (κ1) is 9.96. The first-order chi connectivity index (χ1) is 8.08. The van der Waals surface area contributed by atoms with Crippen molar-refractivity contribution < 1.29 is 19.7 Å². The third-order valence-corrected chi connectivity index (χ3v) is 3.03. The molecule has 0 fully saturated rings. The van der Waals surface area contributed by atoms with Crippen molar-refractivity contribution in [1.82, 2.24) is 0 Å². The molecule has 0 bridgehead atoms. The van der Waals surface area contributed by atoms with Crippen LogP contribution >= 0.6 is 0 Å². The van der Waals surface area contributed by atoms with E-state index in [4.69, 9.17) is 4.74 Å². The Morgan fingerprint density at radius 2 is 2.06 bits per heavy atom. The van der Waals surface area contributed by atoms with Crippen molar-refractivity contribution in [3.63, 3.8) is 0 Å². The maximum absolute atomic E-state index is 12.2. The van der Waals surface area contributed by atoms with Crippen LogP contribution in [0.4, 0.5) is 0 Å². The Kier molecular flexibility index (Phi) is 1.84. The molecule has 0 saturated heterocycles. The summed E-state index contributed by atoms with van der Waals surface area (Å²) in [5.41, 5.74) is 2.08. The molecule has 1 heterocycles. The van der Waals surface area contributed by atoms with Gasteiger partial charge >= 0.3 is 0 Å². The zero-order valence-corrected chi connectivity index (χ0v) is 9.15. The standard InChI is InChI=1S/C13H10O4/c1-6-11-8(5-17-6)2-7-3-9(14)4-10(15)12(7)13(11)16/h2-4,14-15H,5H2,1H3. The van der Waals surface area contributed by atoms with Gasteiger partial charge in [0.15, 0.2) is 0 Å². The average molecular weight is 230 g/mol. The van der Waals surface area contributed by atoms with Crippen molar-refractivity contribution in [3.8, 4) is 11.5 Å². The van der Waals surface area contributed by atoms with Crippen molar-refractivity contribution in [2.45, 2.75) is 6.92 Å². The van der Waals surface area contributed by atoms with Crippen LogP contribution in [0.1, 0.15) is 22.8 Å². The smallest absolute Gasteiger partial charge is 0.201 e. The summed E-state index contributed by atoms with van der Waals surface area (Å²) in [5.74, 6) is 0.0749. The normalized spacial score (nSPS) is 17.5. The summed E-state index contributed by atoms with van der Waals surface area (Å²) in [7, 11) is 0. The number of Topliss-reactive ketones (excluding diaryl/α,β-unsaturated/α-hetero) is 1. The second kappa shape index (κ2) is 3.13. The predicted octanol–water partition coefficient (Wildman–Crippen LogP) is 1.98. The summed E-state index contributed by atoms with van der Waals surface area (Å²) in [5, 5.41) is 19.1. The van der Waals surface area contributed by atoms with Crippen LogP contribution in [-0.2, 0) is 4.74 Å². The number of rotatable bonds is 0. The molecule has 4 heteroatoms. The molecule has 2 N–H and O–H groups in total. The first-order valence-corrected chi connectivity index (χ1v) is 5.23. The van der Waals surface area contributed by atoms with Gasteiger partial charge in [-0.25, -0.2) is 0 Å². The van der Waals surface area contributed by atoms with Crippen molar-refractivity contribution in [3.05, 3.63) is 40.2 Å². The highest BCUT2D eigenvalue weighted by Gasteiger charge is 2.32. The lowest BCUT2D eigenvalue weighted by Crippen LogP contribution is -2.12. The molecule has 0 saturated carbocycles. The summed E-state index contributed by atoms with van der Waals surface area (Å²) >= 11 is 0. The number of ether oxygens (including phenoxy) is 1. The molecule has 4 nitrogen and oxygen atoms in total. The topological polar surface area (TPSA) is 66.8 Å². The molecule has 0 atom stereocenters. The first-order valence-electron chi connectivity index (χ1n) is 5.23. The van der Waals surface area contributed by atoms with Crippen molar-refractivity contribution in [2.75, 3.05) is 6.61 Å². The van der Waals surface area contributed by atoms with Crippen LogP contribution in [0.5, 0.6) is 11.5 Å². The van der Waals surface area contributed by atoms with Gasteiger partial charge in [0.05, 0.1) is 11.1 Å². The lowest BCUT2D eigenvalue weighted by molar-refractivity contribution is 0.103. The van der Waals surface area contributed by atoms with Gasteiger partial charge in [0.2, 0.25) is 5.78 Å². The summed E-state index contributed by atoms with van der Waals surface area (Å²) in [4.78, 5) is 12.2. The van der Waals surface area contributed by atoms with Crippen molar-refractivity contribution >= 4 is 11.9 Å². The molecule has 17 heavy (non-hydrogen) atoms. The Labute approximate surface area is 97.5 Å². The zero-order valence-electron chi connectivity index (χ0n) is 9.15. The number of phenols is 2. The Morgan fingerprint density at radius 3 is 2.82 bits per heavy atom. The Morgan fingerprint density at radius 1 is 1.29 bits per heavy atom. The van der Waals surface area contributed by atoms with E-state index in [9.17, 15) is 15.0 Å². The number of phenolic OH excluding ortho intramolecular Hbond substituents is 2. The fourth-order valence-electron chi connectivity index (χ4n) is 2.28. The number of carbonyl (C=O) groups is 1. The highest BCUT2D eigenvalue weighted by molar-refractivity contribution is 6.18. The van der Waals surface area contributed by atoms with Gasteiger partial charge in [-0.05, 0) is 24.6 Å². The van der Waals surface area contributed by atoms with Gasteiger partial charge in [-0.15, -0.1) is 0 Å². The lowest BCUT2D eigenvalue weighted by Gasteiger charge is -2.15. The number of hydrogen-bond acceptors (Lipinski definition) is 4. The third-order valence-electron chi connectivity index (χ3n) is 3.03. The second-order valence-corrected chi connectivity index (χ2v) is 4.15. The monoisotopic (exact) mass is 230 g/mol. The zero-order chi connectivity index (χ0) is 12.2. The molecule has 0 unspecified atom stereocenters. The van der Waals surface area contributed by atoms with Crippen LogP contribution in [0.25, 0.3) is 6.08 Å². The van der Waals surface area contributed by atoms with Gasteiger partial charge < -0.3 is 14.9 Å². The van der Waals surface area contributed by atoms with E-state index < -0.39 is 0 Å². The van der Waals surface area contributed by atoms with Gasteiger partial charge in [0, 0.05) is 11.6 Å². The van der Waals surface area contributed by atoms with Gasteiger partial charge in [0.1, 0.15) is 23.9 Å². The maximum atomic E-state index is 12.2.